The Morgan fingerprint density at radius 1 is 1.32 bits per heavy atom. The molecule has 0 bridgehead atoms. The zero-order valence-electron chi connectivity index (χ0n) is 13.7. The Morgan fingerprint density at radius 2 is 2.05 bits per heavy atom. The average Bonchev–Trinajstić information content (AvgIpc) is 2.54. The lowest BCUT2D eigenvalue weighted by Gasteiger charge is -2.25. The molecule has 1 aliphatic rings. The van der Waals surface area contributed by atoms with E-state index < -0.39 is 0 Å². The number of piperidine rings is 1. The molecule has 0 unspecified atom stereocenters. The smallest absolute Gasteiger partial charge is 0.277 e. The normalized spacial score (nSPS) is 15.5. The van der Waals surface area contributed by atoms with E-state index in [0.717, 1.165) is 55.1 Å². The molecule has 5 heteroatoms. The number of ether oxygens (including phenoxy) is 1. The van der Waals surface area contributed by atoms with Gasteiger partial charge in [0, 0.05) is 31.6 Å². The van der Waals surface area contributed by atoms with Gasteiger partial charge in [0.2, 0.25) is 0 Å². The molecule has 0 aliphatic carbocycles. The molecule has 0 saturated carbocycles. The highest BCUT2D eigenvalue weighted by Crippen LogP contribution is 2.18. The number of aryl methyl sites for hydroxylation is 2. The van der Waals surface area contributed by atoms with Crippen LogP contribution in [0.5, 0.6) is 5.75 Å². The second-order valence-corrected chi connectivity index (χ2v) is 5.70. The van der Waals surface area contributed by atoms with Crippen LogP contribution in [-0.4, -0.2) is 42.8 Å². The zero-order chi connectivity index (χ0) is 15.9. The van der Waals surface area contributed by atoms with Crippen molar-refractivity contribution in [3.05, 3.63) is 29.3 Å². The van der Waals surface area contributed by atoms with Crippen LogP contribution < -0.4 is 10.2 Å². The third kappa shape index (κ3) is 4.84. The molecule has 22 heavy (non-hydrogen) atoms. The molecular formula is C17H25N3O2. The van der Waals surface area contributed by atoms with Crippen LogP contribution in [0, 0.1) is 13.8 Å². The molecule has 1 aromatic rings. The third-order valence-electron chi connectivity index (χ3n) is 3.92. The summed E-state index contributed by atoms with van der Waals surface area (Å²) in [5.74, 6) is 0.533. The lowest BCUT2D eigenvalue weighted by atomic mass is 10.1. The lowest BCUT2D eigenvalue weighted by Crippen LogP contribution is -2.35. The maximum atomic E-state index is 11.8. The van der Waals surface area contributed by atoms with Crippen molar-refractivity contribution in [2.24, 2.45) is 5.10 Å². The molecule has 0 spiro atoms. The van der Waals surface area contributed by atoms with Gasteiger partial charge in [-0.05, 0) is 37.6 Å². The Labute approximate surface area is 132 Å². The molecule has 1 fully saturated rings. The molecule has 0 radical (unpaired) electrons. The Hall–Kier alpha value is -1.88. The predicted octanol–water partition coefficient (Wildman–Crippen LogP) is 2.27. The standard InChI is InChI=1S/C17H25N3O2/c1-4-20-9-7-15(8-10-20)18-19-17(21)12-22-16-11-13(2)5-6-14(16)3/h5-6,11H,4,7-10,12H2,1-3H3,(H,19,21). The Bertz CT molecular complexity index is 545. The van der Waals surface area contributed by atoms with Crippen molar-refractivity contribution in [1.29, 1.82) is 0 Å². The second kappa shape index (κ2) is 7.94. The molecule has 1 aromatic carbocycles. The van der Waals surface area contributed by atoms with Crippen molar-refractivity contribution in [2.45, 2.75) is 33.6 Å². The average molecular weight is 303 g/mol. The van der Waals surface area contributed by atoms with E-state index in [1.165, 1.54) is 0 Å². The van der Waals surface area contributed by atoms with Gasteiger partial charge in [0.15, 0.2) is 6.61 Å². The van der Waals surface area contributed by atoms with Crippen molar-refractivity contribution < 1.29 is 9.53 Å². The number of hydrogen-bond donors (Lipinski definition) is 1. The van der Waals surface area contributed by atoms with Gasteiger partial charge in [0.1, 0.15) is 5.75 Å². The van der Waals surface area contributed by atoms with E-state index in [2.05, 4.69) is 22.4 Å². The molecule has 1 saturated heterocycles. The van der Waals surface area contributed by atoms with Crippen LogP contribution in [0.15, 0.2) is 23.3 Å². The van der Waals surface area contributed by atoms with E-state index in [1.807, 2.05) is 32.0 Å². The van der Waals surface area contributed by atoms with E-state index in [9.17, 15) is 4.79 Å². The van der Waals surface area contributed by atoms with Crippen LogP contribution in [0.3, 0.4) is 0 Å². The number of amides is 1. The van der Waals surface area contributed by atoms with Crippen molar-refractivity contribution in [2.75, 3.05) is 26.2 Å². The molecule has 120 valence electrons. The Kier molecular flexibility index (Phi) is 5.95. The van der Waals surface area contributed by atoms with Crippen LogP contribution in [-0.2, 0) is 4.79 Å². The highest BCUT2D eigenvalue weighted by molar-refractivity contribution is 5.87. The number of benzene rings is 1. The third-order valence-corrected chi connectivity index (χ3v) is 3.92. The Balaban J connectivity index is 1.77. The first-order valence-corrected chi connectivity index (χ1v) is 7.85. The predicted molar refractivity (Wildman–Crippen MR) is 88.3 cm³/mol. The number of hydrazone groups is 1. The van der Waals surface area contributed by atoms with Gasteiger partial charge < -0.3 is 9.64 Å². The number of rotatable bonds is 5. The minimum atomic E-state index is -0.216. The summed E-state index contributed by atoms with van der Waals surface area (Å²) in [4.78, 5) is 14.2. The minimum absolute atomic E-state index is 0.0117. The Morgan fingerprint density at radius 3 is 2.73 bits per heavy atom. The largest absolute Gasteiger partial charge is 0.483 e. The SMILES string of the molecule is CCN1CCC(=NNC(=O)COc2cc(C)ccc2C)CC1. The summed E-state index contributed by atoms with van der Waals surface area (Å²) >= 11 is 0. The molecule has 2 rings (SSSR count). The van der Waals surface area contributed by atoms with Crippen molar-refractivity contribution in [1.82, 2.24) is 10.3 Å². The summed E-state index contributed by atoms with van der Waals surface area (Å²) in [7, 11) is 0. The molecule has 1 heterocycles. The van der Waals surface area contributed by atoms with Crippen LogP contribution in [0.1, 0.15) is 30.9 Å². The van der Waals surface area contributed by atoms with Crippen molar-refractivity contribution >= 4 is 11.6 Å². The van der Waals surface area contributed by atoms with Gasteiger partial charge in [-0.1, -0.05) is 19.1 Å². The topological polar surface area (TPSA) is 53.9 Å². The molecular weight excluding hydrogens is 278 g/mol. The van der Waals surface area contributed by atoms with E-state index in [1.54, 1.807) is 0 Å². The number of carbonyl (C=O) groups is 1. The first kappa shape index (κ1) is 16.5. The summed E-state index contributed by atoms with van der Waals surface area (Å²) < 4.78 is 5.56. The number of hydrogen-bond acceptors (Lipinski definition) is 4. The fourth-order valence-corrected chi connectivity index (χ4v) is 2.42. The van der Waals surface area contributed by atoms with Crippen LogP contribution in [0.25, 0.3) is 0 Å². The molecule has 1 N–H and O–H groups in total. The van der Waals surface area contributed by atoms with Crippen LogP contribution >= 0.6 is 0 Å². The number of carbonyl (C=O) groups excluding carboxylic acids is 1. The number of nitrogens with zero attached hydrogens (tertiary/aromatic N) is 2. The second-order valence-electron chi connectivity index (χ2n) is 5.70. The van der Waals surface area contributed by atoms with Gasteiger partial charge in [-0.2, -0.15) is 5.10 Å². The highest BCUT2D eigenvalue weighted by atomic mass is 16.5. The molecule has 1 aliphatic heterocycles. The zero-order valence-corrected chi connectivity index (χ0v) is 13.7. The first-order chi connectivity index (χ1) is 10.6. The minimum Gasteiger partial charge on any atom is -0.483 e. The van der Waals surface area contributed by atoms with E-state index in [0.29, 0.717) is 0 Å². The van der Waals surface area contributed by atoms with Crippen molar-refractivity contribution in [3.8, 4) is 5.75 Å². The fraction of sp³-hybridized carbons (Fsp3) is 0.529. The summed E-state index contributed by atoms with van der Waals surface area (Å²) in [6.45, 7) is 9.23. The number of likely N-dealkylation sites (tertiary alicyclic amines) is 1. The monoisotopic (exact) mass is 303 g/mol. The van der Waals surface area contributed by atoms with Gasteiger partial charge in [0.25, 0.3) is 5.91 Å². The van der Waals surface area contributed by atoms with E-state index >= 15 is 0 Å². The van der Waals surface area contributed by atoms with Gasteiger partial charge in [-0.15, -0.1) is 0 Å². The quantitative estimate of drug-likeness (QED) is 0.849. The van der Waals surface area contributed by atoms with Gasteiger partial charge in [-0.3, -0.25) is 4.79 Å². The summed E-state index contributed by atoms with van der Waals surface area (Å²) in [5.41, 5.74) is 5.79. The van der Waals surface area contributed by atoms with Crippen LogP contribution in [0.4, 0.5) is 0 Å². The van der Waals surface area contributed by atoms with Gasteiger partial charge in [0.05, 0.1) is 0 Å². The molecule has 0 aromatic heterocycles. The van der Waals surface area contributed by atoms with E-state index in [-0.39, 0.29) is 12.5 Å². The fourth-order valence-electron chi connectivity index (χ4n) is 2.42. The van der Waals surface area contributed by atoms with Gasteiger partial charge >= 0.3 is 0 Å². The maximum absolute atomic E-state index is 11.8. The molecule has 5 nitrogen and oxygen atoms in total. The highest BCUT2D eigenvalue weighted by Gasteiger charge is 2.13. The lowest BCUT2D eigenvalue weighted by molar-refractivity contribution is -0.123. The summed E-state index contributed by atoms with van der Waals surface area (Å²) in [6.07, 6.45) is 1.85. The number of nitrogens with one attached hydrogen (secondary N) is 1. The first-order valence-electron chi connectivity index (χ1n) is 7.85. The summed E-state index contributed by atoms with van der Waals surface area (Å²) in [5, 5.41) is 4.21. The van der Waals surface area contributed by atoms with Gasteiger partial charge in [-0.25, -0.2) is 5.43 Å². The van der Waals surface area contributed by atoms with E-state index in [4.69, 9.17) is 4.74 Å². The van der Waals surface area contributed by atoms with Crippen molar-refractivity contribution in [3.63, 3.8) is 0 Å². The van der Waals surface area contributed by atoms with Crippen LogP contribution in [0.2, 0.25) is 0 Å². The summed E-state index contributed by atoms with van der Waals surface area (Å²) in [6, 6.07) is 5.95. The molecule has 0 atom stereocenters. The maximum Gasteiger partial charge on any atom is 0.277 e. The molecule has 1 amide bonds.